The highest BCUT2D eigenvalue weighted by Gasteiger charge is 2.14. The van der Waals surface area contributed by atoms with Crippen LogP contribution in [0.4, 0.5) is 4.39 Å². The molecule has 0 saturated carbocycles. The van der Waals surface area contributed by atoms with Crippen molar-refractivity contribution in [3.63, 3.8) is 0 Å². The van der Waals surface area contributed by atoms with E-state index in [1.807, 2.05) is 5.01 Å². The molecule has 1 aliphatic rings. The maximum Gasteiger partial charge on any atom is 0.265 e. The topological polar surface area (TPSA) is 32.3 Å². The molecule has 17 heavy (non-hydrogen) atoms. The fraction of sp³-hybridized carbons (Fsp3) is 0.462. The van der Waals surface area contributed by atoms with Gasteiger partial charge in [-0.2, -0.15) is 0 Å². The third-order valence-electron chi connectivity index (χ3n) is 3.05. The molecule has 0 bridgehead atoms. The molecule has 0 spiro atoms. The van der Waals surface area contributed by atoms with E-state index < -0.39 is 0 Å². The number of hydrazine groups is 1. The number of hydrogen-bond acceptors (Lipinski definition) is 2. The Morgan fingerprint density at radius 2 is 2.00 bits per heavy atom. The molecule has 1 fully saturated rings. The Morgan fingerprint density at radius 3 is 2.65 bits per heavy atom. The van der Waals surface area contributed by atoms with Crippen molar-refractivity contribution >= 4 is 5.91 Å². The molecule has 3 nitrogen and oxygen atoms in total. The second-order valence-electron chi connectivity index (χ2n) is 4.45. The lowest BCUT2D eigenvalue weighted by Crippen LogP contribution is -2.45. The van der Waals surface area contributed by atoms with Crippen molar-refractivity contribution in [1.29, 1.82) is 0 Å². The molecule has 0 radical (unpaired) electrons. The van der Waals surface area contributed by atoms with Gasteiger partial charge in [-0.05, 0) is 37.5 Å². The molecule has 0 aliphatic carbocycles. The van der Waals surface area contributed by atoms with E-state index in [1.54, 1.807) is 19.1 Å². The molecule has 4 heteroatoms. The zero-order chi connectivity index (χ0) is 12.3. The third-order valence-corrected chi connectivity index (χ3v) is 3.05. The van der Waals surface area contributed by atoms with E-state index in [0.717, 1.165) is 25.9 Å². The van der Waals surface area contributed by atoms with E-state index in [-0.39, 0.29) is 11.7 Å². The Kier molecular flexibility index (Phi) is 3.74. The van der Waals surface area contributed by atoms with Crippen LogP contribution in [0.3, 0.4) is 0 Å². The number of carbonyl (C=O) groups is 1. The van der Waals surface area contributed by atoms with Crippen LogP contribution in [-0.2, 0) is 0 Å². The van der Waals surface area contributed by atoms with Gasteiger partial charge in [-0.25, -0.2) is 9.40 Å². The summed E-state index contributed by atoms with van der Waals surface area (Å²) in [4.78, 5) is 11.9. The van der Waals surface area contributed by atoms with Crippen molar-refractivity contribution < 1.29 is 9.18 Å². The van der Waals surface area contributed by atoms with E-state index in [9.17, 15) is 9.18 Å². The van der Waals surface area contributed by atoms with Gasteiger partial charge in [-0.15, -0.1) is 0 Å². The number of nitrogens with one attached hydrogen (secondary N) is 1. The first-order chi connectivity index (χ1) is 8.16. The van der Waals surface area contributed by atoms with Crippen LogP contribution in [0.25, 0.3) is 0 Å². The normalized spacial score (nSPS) is 16.8. The average molecular weight is 236 g/mol. The lowest BCUT2D eigenvalue weighted by Gasteiger charge is -2.26. The molecule has 1 N–H and O–H groups in total. The smallest absolute Gasteiger partial charge is 0.265 e. The summed E-state index contributed by atoms with van der Waals surface area (Å²) in [5.74, 6) is -0.568. The van der Waals surface area contributed by atoms with Crippen LogP contribution in [0.5, 0.6) is 0 Å². The van der Waals surface area contributed by atoms with Gasteiger partial charge in [-0.1, -0.05) is 12.5 Å². The Morgan fingerprint density at radius 1 is 1.29 bits per heavy atom. The summed E-state index contributed by atoms with van der Waals surface area (Å²) in [6.07, 6.45) is 3.41. The van der Waals surface area contributed by atoms with E-state index in [2.05, 4.69) is 5.43 Å². The number of aryl methyl sites for hydroxylation is 1. The van der Waals surface area contributed by atoms with Gasteiger partial charge < -0.3 is 0 Å². The van der Waals surface area contributed by atoms with Gasteiger partial charge in [0.15, 0.2) is 0 Å². The fourth-order valence-corrected chi connectivity index (χ4v) is 1.95. The minimum atomic E-state index is -0.337. The van der Waals surface area contributed by atoms with Gasteiger partial charge >= 0.3 is 0 Å². The van der Waals surface area contributed by atoms with E-state index in [4.69, 9.17) is 0 Å². The lowest BCUT2D eigenvalue weighted by molar-refractivity contribution is 0.0749. The number of nitrogens with zero attached hydrogens (tertiary/aromatic N) is 1. The highest BCUT2D eigenvalue weighted by Crippen LogP contribution is 2.10. The molecule has 92 valence electrons. The highest BCUT2D eigenvalue weighted by molar-refractivity contribution is 5.93. The number of amides is 1. The van der Waals surface area contributed by atoms with Gasteiger partial charge in [0.05, 0.1) is 0 Å². The van der Waals surface area contributed by atoms with Crippen LogP contribution in [0, 0.1) is 12.7 Å². The SMILES string of the molecule is Cc1ccc(C(=O)NN2CCCCC2)cc1F. The summed E-state index contributed by atoms with van der Waals surface area (Å²) in [5, 5.41) is 1.91. The number of rotatable bonds is 2. The van der Waals surface area contributed by atoms with E-state index in [0.29, 0.717) is 11.1 Å². The second-order valence-corrected chi connectivity index (χ2v) is 4.45. The Hall–Kier alpha value is -1.42. The number of benzene rings is 1. The maximum atomic E-state index is 13.3. The van der Waals surface area contributed by atoms with Crippen molar-refractivity contribution in [2.75, 3.05) is 13.1 Å². The Balaban J connectivity index is 2.01. The summed E-state index contributed by atoms with van der Waals surface area (Å²) in [5.41, 5.74) is 3.74. The molecule has 0 atom stereocenters. The first-order valence-electron chi connectivity index (χ1n) is 5.99. The summed E-state index contributed by atoms with van der Waals surface area (Å²) in [6.45, 7) is 3.43. The predicted molar refractivity (Wildman–Crippen MR) is 64.0 cm³/mol. The quantitative estimate of drug-likeness (QED) is 0.854. The molecule has 1 amide bonds. The van der Waals surface area contributed by atoms with Crippen LogP contribution < -0.4 is 5.43 Å². The Labute approximate surface area is 101 Å². The molecule has 1 aromatic carbocycles. The largest absolute Gasteiger partial charge is 0.285 e. The van der Waals surface area contributed by atoms with E-state index >= 15 is 0 Å². The van der Waals surface area contributed by atoms with Crippen molar-refractivity contribution in [3.05, 3.63) is 35.1 Å². The third kappa shape index (κ3) is 3.03. The molecule has 0 aromatic heterocycles. The van der Waals surface area contributed by atoms with Crippen LogP contribution >= 0.6 is 0 Å². The first-order valence-corrected chi connectivity index (χ1v) is 5.99. The fourth-order valence-electron chi connectivity index (χ4n) is 1.95. The van der Waals surface area contributed by atoms with Crippen LogP contribution in [0.15, 0.2) is 18.2 Å². The number of halogens is 1. The zero-order valence-electron chi connectivity index (χ0n) is 10.0. The van der Waals surface area contributed by atoms with Crippen molar-refractivity contribution in [3.8, 4) is 0 Å². The highest BCUT2D eigenvalue weighted by atomic mass is 19.1. The van der Waals surface area contributed by atoms with Crippen LogP contribution in [0.2, 0.25) is 0 Å². The summed E-state index contributed by atoms with van der Waals surface area (Å²) in [6, 6.07) is 4.56. The summed E-state index contributed by atoms with van der Waals surface area (Å²) in [7, 11) is 0. The minimum Gasteiger partial charge on any atom is -0.285 e. The average Bonchev–Trinajstić information content (AvgIpc) is 2.34. The van der Waals surface area contributed by atoms with Gasteiger partial charge in [0, 0.05) is 18.7 Å². The van der Waals surface area contributed by atoms with Crippen LogP contribution in [0.1, 0.15) is 35.2 Å². The van der Waals surface area contributed by atoms with Gasteiger partial charge in [0.25, 0.3) is 5.91 Å². The number of piperidine rings is 1. The molecule has 2 rings (SSSR count). The lowest BCUT2D eigenvalue weighted by atomic mass is 10.1. The van der Waals surface area contributed by atoms with Crippen LogP contribution in [-0.4, -0.2) is 24.0 Å². The van der Waals surface area contributed by atoms with Gasteiger partial charge in [0.2, 0.25) is 0 Å². The maximum absolute atomic E-state index is 13.3. The Bertz CT molecular complexity index is 414. The molecule has 0 unspecified atom stereocenters. The van der Waals surface area contributed by atoms with E-state index in [1.165, 1.54) is 12.5 Å². The monoisotopic (exact) mass is 236 g/mol. The summed E-state index contributed by atoms with van der Waals surface area (Å²) < 4.78 is 13.3. The predicted octanol–water partition coefficient (Wildman–Crippen LogP) is 2.26. The molecule has 1 aliphatic heterocycles. The molecular formula is C13H17FN2O. The standard InChI is InChI=1S/C13H17FN2O/c1-10-5-6-11(9-12(10)14)13(17)15-16-7-3-2-4-8-16/h5-6,9H,2-4,7-8H2,1H3,(H,15,17). The second kappa shape index (κ2) is 5.27. The summed E-state index contributed by atoms with van der Waals surface area (Å²) >= 11 is 0. The number of carbonyl (C=O) groups excluding carboxylic acids is 1. The minimum absolute atomic E-state index is 0.231. The van der Waals surface area contributed by atoms with Crippen molar-refractivity contribution in [1.82, 2.24) is 10.4 Å². The molecule has 1 aromatic rings. The van der Waals surface area contributed by atoms with Gasteiger partial charge in [0.1, 0.15) is 5.82 Å². The molecular weight excluding hydrogens is 219 g/mol. The molecule has 1 saturated heterocycles. The van der Waals surface area contributed by atoms with Crippen molar-refractivity contribution in [2.24, 2.45) is 0 Å². The molecule has 1 heterocycles. The first kappa shape index (κ1) is 12.0. The van der Waals surface area contributed by atoms with Gasteiger partial charge in [-0.3, -0.25) is 10.2 Å². The number of hydrogen-bond donors (Lipinski definition) is 1. The zero-order valence-corrected chi connectivity index (χ0v) is 10.0. The van der Waals surface area contributed by atoms with Crippen molar-refractivity contribution in [2.45, 2.75) is 26.2 Å².